The van der Waals surface area contributed by atoms with Gasteiger partial charge in [-0.25, -0.2) is 0 Å². The van der Waals surface area contributed by atoms with Crippen molar-refractivity contribution >= 4 is 17.9 Å². The number of carbonyl (C=O) groups is 3. The second kappa shape index (κ2) is 56.2. The minimum Gasteiger partial charge on any atom is -0.462 e. The molecule has 0 saturated heterocycles. The lowest BCUT2D eigenvalue weighted by molar-refractivity contribution is -0.167. The summed E-state index contributed by atoms with van der Waals surface area (Å²) in [6.45, 7) is 6.46. The van der Waals surface area contributed by atoms with Crippen molar-refractivity contribution in [1.29, 1.82) is 0 Å². The van der Waals surface area contributed by atoms with Crippen LogP contribution >= 0.6 is 0 Å². The summed E-state index contributed by atoms with van der Waals surface area (Å²) >= 11 is 0. The Balaban J connectivity index is 4.46. The number of hydrogen-bond donors (Lipinski definition) is 0. The molecule has 0 rings (SSSR count). The summed E-state index contributed by atoms with van der Waals surface area (Å²) in [7, 11) is 0. The van der Waals surface area contributed by atoms with Crippen LogP contribution in [-0.4, -0.2) is 37.2 Å². The van der Waals surface area contributed by atoms with E-state index >= 15 is 0 Å². The molecule has 0 radical (unpaired) electrons. The first-order valence-corrected chi connectivity index (χ1v) is 28.6. The molecule has 0 unspecified atom stereocenters. The maximum absolute atomic E-state index is 12.8. The van der Waals surface area contributed by atoms with Crippen LogP contribution in [0.15, 0.2) is 85.1 Å². The smallest absolute Gasteiger partial charge is 0.306 e. The van der Waals surface area contributed by atoms with E-state index in [-0.39, 0.29) is 31.1 Å². The molecule has 0 heterocycles. The Hall–Kier alpha value is -3.41. The highest BCUT2D eigenvalue weighted by molar-refractivity contribution is 5.71. The van der Waals surface area contributed by atoms with Crippen molar-refractivity contribution in [2.45, 2.75) is 277 Å². The topological polar surface area (TPSA) is 78.9 Å². The third-order valence-corrected chi connectivity index (χ3v) is 12.1. The van der Waals surface area contributed by atoms with E-state index in [1.807, 2.05) is 0 Å². The fraction of sp³-hybridized carbons (Fsp3) is 0.726. The molecule has 0 aliphatic rings. The maximum Gasteiger partial charge on any atom is 0.306 e. The van der Waals surface area contributed by atoms with Crippen LogP contribution < -0.4 is 0 Å². The van der Waals surface area contributed by atoms with Gasteiger partial charge in [-0.1, -0.05) is 241 Å². The summed E-state index contributed by atoms with van der Waals surface area (Å²) in [4.78, 5) is 38.1. The third-order valence-electron chi connectivity index (χ3n) is 12.1. The molecular formula is C62H106O6. The van der Waals surface area contributed by atoms with Crippen LogP contribution in [0.1, 0.15) is 271 Å². The SMILES string of the molecule is CC/C=C\C/C=C\C/C=C\C/C=C\CCCCC(=O)OC[C@H](COC(=O)CCCCCCCCCCCCCCCCCCCC)OC(=O)CCCCCC/C=C\C/C=C\C/C=C\CCCCC. The minimum absolute atomic E-state index is 0.0972. The van der Waals surface area contributed by atoms with Crippen molar-refractivity contribution in [1.82, 2.24) is 0 Å². The molecule has 6 heteroatoms. The first kappa shape index (κ1) is 64.6. The molecule has 68 heavy (non-hydrogen) atoms. The summed E-state index contributed by atoms with van der Waals surface area (Å²) in [6, 6.07) is 0. The van der Waals surface area contributed by atoms with Crippen LogP contribution in [0.4, 0.5) is 0 Å². The minimum atomic E-state index is -0.805. The Morgan fingerprint density at radius 1 is 0.309 bits per heavy atom. The molecule has 0 aliphatic carbocycles. The van der Waals surface area contributed by atoms with Crippen LogP contribution in [0.25, 0.3) is 0 Å². The zero-order valence-electron chi connectivity index (χ0n) is 44.6. The Kier molecular flexibility index (Phi) is 53.4. The van der Waals surface area contributed by atoms with Crippen molar-refractivity contribution in [2.24, 2.45) is 0 Å². The van der Waals surface area contributed by atoms with Crippen molar-refractivity contribution in [3.63, 3.8) is 0 Å². The monoisotopic (exact) mass is 947 g/mol. The molecule has 0 bridgehead atoms. The lowest BCUT2D eigenvalue weighted by Crippen LogP contribution is -2.30. The van der Waals surface area contributed by atoms with E-state index in [1.165, 1.54) is 122 Å². The van der Waals surface area contributed by atoms with Gasteiger partial charge in [-0.15, -0.1) is 0 Å². The van der Waals surface area contributed by atoms with Gasteiger partial charge in [0.05, 0.1) is 0 Å². The average molecular weight is 948 g/mol. The maximum atomic E-state index is 12.8. The Morgan fingerprint density at radius 2 is 0.574 bits per heavy atom. The number of hydrogen-bond acceptors (Lipinski definition) is 6. The van der Waals surface area contributed by atoms with E-state index in [1.54, 1.807) is 0 Å². The van der Waals surface area contributed by atoms with Gasteiger partial charge in [0.1, 0.15) is 13.2 Å². The van der Waals surface area contributed by atoms with Crippen molar-refractivity contribution < 1.29 is 28.6 Å². The van der Waals surface area contributed by atoms with Crippen LogP contribution in [0, 0.1) is 0 Å². The fourth-order valence-corrected chi connectivity index (χ4v) is 7.85. The molecule has 0 aliphatic heterocycles. The molecule has 0 N–H and O–H groups in total. The normalized spacial score (nSPS) is 12.7. The highest BCUT2D eigenvalue weighted by Crippen LogP contribution is 2.16. The predicted octanol–water partition coefficient (Wildman–Crippen LogP) is 19.2. The van der Waals surface area contributed by atoms with Crippen molar-refractivity contribution in [2.75, 3.05) is 13.2 Å². The van der Waals surface area contributed by atoms with Gasteiger partial charge in [-0.2, -0.15) is 0 Å². The molecule has 0 fully saturated rings. The van der Waals surface area contributed by atoms with Gasteiger partial charge < -0.3 is 14.2 Å². The quantitative estimate of drug-likeness (QED) is 0.0262. The van der Waals surface area contributed by atoms with Gasteiger partial charge in [-0.05, 0) is 96.3 Å². The second-order valence-electron chi connectivity index (χ2n) is 18.8. The lowest BCUT2D eigenvalue weighted by atomic mass is 10.0. The van der Waals surface area contributed by atoms with Gasteiger partial charge in [0, 0.05) is 19.3 Å². The number of rotatable bonds is 51. The van der Waals surface area contributed by atoms with E-state index in [4.69, 9.17) is 14.2 Å². The highest BCUT2D eigenvalue weighted by Gasteiger charge is 2.19. The summed E-state index contributed by atoms with van der Waals surface area (Å²) in [6.07, 6.45) is 72.9. The van der Waals surface area contributed by atoms with Crippen LogP contribution in [0.5, 0.6) is 0 Å². The molecular weight excluding hydrogens is 841 g/mol. The fourth-order valence-electron chi connectivity index (χ4n) is 7.85. The highest BCUT2D eigenvalue weighted by atomic mass is 16.6. The average Bonchev–Trinajstić information content (AvgIpc) is 3.34. The number of esters is 3. The number of carbonyl (C=O) groups excluding carboxylic acids is 3. The molecule has 0 aromatic carbocycles. The standard InChI is InChI=1S/C62H106O6/c1-4-7-10-13-16-19-22-25-28-30-32-34-37-40-43-46-49-52-55-61(64)67-58-59(57-66-60(63)54-51-48-45-42-39-36-33-27-24-21-18-15-12-9-6-3)68-62(65)56-53-50-47-44-41-38-35-31-29-26-23-20-17-14-11-8-5-2/h9,12,17-18,20-21,26-27,29,33,35,38-39,42,59H,4-8,10-11,13-16,19,22-25,28,30-32,34,36-37,40-41,43-58H2,1-3H3/b12-9-,20-17-,21-18-,29-26-,33-27-,38-35-,42-39-/t59-/m1/s1. The van der Waals surface area contributed by atoms with Gasteiger partial charge >= 0.3 is 17.9 Å². The van der Waals surface area contributed by atoms with Gasteiger partial charge in [0.2, 0.25) is 0 Å². The van der Waals surface area contributed by atoms with Crippen LogP contribution in [0.3, 0.4) is 0 Å². The van der Waals surface area contributed by atoms with Crippen LogP contribution in [0.2, 0.25) is 0 Å². The first-order chi connectivity index (χ1) is 33.5. The molecule has 0 saturated carbocycles. The zero-order chi connectivity index (χ0) is 49.3. The molecule has 0 amide bonds. The van der Waals surface area contributed by atoms with E-state index in [0.29, 0.717) is 19.3 Å². The molecule has 0 aromatic rings. The number of ether oxygens (including phenoxy) is 3. The van der Waals surface area contributed by atoms with E-state index in [0.717, 1.165) is 109 Å². The van der Waals surface area contributed by atoms with Crippen molar-refractivity contribution in [3.8, 4) is 0 Å². The third kappa shape index (κ3) is 53.5. The Bertz CT molecular complexity index is 1320. The number of allylic oxidation sites excluding steroid dienone is 14. The molecule has 1 atom stereocenters. The predicted molar refractivity (Wildman–Crippen MR) is 293 cm³/mol. The van der Waals surface area contributed by atoms with Crippen molar-refractivity contribution in [3.05, 3.63) is 85.1 Å². The van der Waals surface area contributed by atoms with Gasteiger partial charge in [0.15, 0.2) is 6.10 Å². The van der Waals surface area contributed by atoms with E-state index < -0.39 is 6.10 Å². The van der Waals surface area contributed by atoms with Crippen LogP contribution in [-0.2, 0) is 28.6 Å². The van der Waals surface area contributed by atoms with Gasteiger partial charge in [0.25, 0.3) is 0 Å². The molecule has 0 spiro atoms. The van der Waals surface area contributed by atoms with Gasteiger partial charge in [-0.3, -0.25) is 14.4 Å². The Morgan fingerprint density at radius 3 is 0.956 bits per heavy atom. The molecule has 6 nitrogen and oxygen atoms in total. The second-order valence-corrected chi connectivity index (χ2v) is 18.8. The zero-order valence-corrected chi connectivity index (χ0v) is 44.6. The largest absolute Gasteiger partial charge is 0.462 e. The molecule has 0 aromatic heterocycles. The number of unbranched alkanes of at least 4 members (excludes halogenated alkanes) is 26. The molecule has 390 valence electrons. The Labute approximate surface area is 420 Å². The summed E-state index contributed by atoms with van der Waals surface area (Å²) < 4.78 is 16.8. The summed E-state index contributed by atoms with van der Waals surface area (Å²) in [5.41, 5.74) is 0. The summed E-state index contributed by atoms with van der Waals surface area (Å²) in [5.74, 6) is -0.956. The lowest BCUT2D eigenvalue weighted by Gasteiger charge is -2.18. The first-order valence-electron chi connectivity index (χ1n) is 28.6. The van der Waals surface area contributed by atoms with E-state index in [2.05, 4.69) is 106 Å². The van der Waals surface area contributed by atoms with E-state index in [9.17, 15) is 14.4 Å². The summed E-state index contributed by atoms with van der Waals surface area (Å²) in [5, 5.41) is 0.